The lowest BCUT2D eigenvalue weighted by Gasteiger charge is -2.05. The van der Waals surface area contributed by atoms with Crippen molar-refractivity contribution in [3.05, 3.63) is 52.1 Å². The monoisotopic (exact) mass is 371 g/mol. The van der Waals surface area contributed by atoms with E-state index in [4.69, 9.17) is 17.3 Å². The highest BCUT2D eigenvalue weighted by Crippen LogP contribution is 2.27. The fourth-order valence-electron chi connectivity index (χ4n) is 2.41. The van der Waals surface area contributed by atoms with Crippen molar-refractivity contribution in [1.29, 1.82) is 0 Å². The number of amides is 1. The molecule has 0 aliphatic carbocycles. The number of rotatable bonds is 6. The van der Waals surface area contributed by atoms with Gasteiger partial charge in [-0.05, 0) is 25.1 Å². The lowest BCUT2D eigenvalue weighted by atomic mass is 10.2. The van der Waals surface area contributed by atoms with E-state index in [1.807, 2.05) is 13.8 Å². The number of nitrogens with one attached hydrogen (secondary N) is 3. The Labute approximate surface area is 154 Å². The molecule has 0 radical (unpaired) electrons. The minimum Gasteiger partial charge on any atom is -0.365 e. The number of carbonyl (C=O) groups is 1. The molecule has 9 heteroatoms. The summed E-state index contributed by atoms with van der Waals surface area (Å²) in [6.45, 7) is 3.91. The smallest absolute Gasteiger partial charge is 0.256 e. The number of aromatic amines is 2. The van der Waals surface area contributed by atoms with E-state index in [9.17, 15) is 4.79 Å². The highest BCUT2D eigenvalue weighted by atomic mass is 35.5. The summed E-state index contributed by atoms with van der Waals surface area (Å²) in [6, 6.07) is 7.06. The lowest BCUT2D eigenvalue weighted by molar-refractivity contribution is 0.100. The zero-order valence-corrected chi connectivity index (χ0v) is 15.1. The number of hydrogen-bond acceptors (Lipinski definition) is 5. The molecular formula is C17H18ClN7O. The number of benzene rings is 1. The third-order valence-corrected chi connectivity index (χ3v) is 3.94. The first-order valence-corrected chi connectivity index (χ1v) is 8.36. The molecule has 26 heavy (non-hydrogen) atoms. The van der Waals surface area contributed by atoms with Gasteiger partial charge < -0.3 is 16.0 Å². The average molecular weight is 372 g/mol. The van der Waals surface area contributed by atoms with Crippen LogP contribution in [0.1, 0.15) is 34.5 Å². The highest BCUT2D eigenvalue weighted by molar-refractivity contribution is 6.30. The molecule has 0 aliphatic rings. The van der Waals surface area contributed by atoms with Gasteiger partial charge in [-0.15, -0.1) is 0 Å². The normalized spacial score (nSPS) is 11.2. The summed E-state index contributed by atoms with van der Waals surface area (Å²) in [5.41, 5.74) is 7.93. The first-order chi connectivity index (χ1) is 12.5. The van der Waals surface area contributed by atoms with Gasteiger partial charge in [-0.1, -0.05) is 24.6 Å². The maximum atomic E-state index is 11.9. The lowest BCUT2D eigenvalue weighted by Crippen LogP contribution is -2.12. The number of nitrogens with two attached hydrogens (primary N) is 1. The number of hydrogen-bond donors (Lipinski definition) is 4. The van der Waals surface area contributed by atoms with Crippen LogP contribution in [-0.4, -0.2) is 32.3 Å². The van der Waals surface area contributed by atoms with Crippen molar-refractivity contribution in [2.45, 2.75) is 20.3 Å². The number of anilines is 2. The molecule has 8 nitrogen and oxygen atoms in total. The van der Waals surface area contributed by atoms with E-state index in [1.54, 1.807) is 30.5 Å². The molecule has 0 saturated heterocycles. The van der Waals surface area contributed by atoms with E-state index in [0.29, 0.717) is 22.2 Å². The molecule has 0 atom stereocenters. The maximum absolute atomic E-state index is 11.9. The van der Waals surface area contributed by atoms with Gasteiger partial charge in [0.05, 0.1) is 6.21 Å². The summed E-state index contributed by atoms with van der Waals surface area (Å²) in [4.78, 5) is 23.7. The molecule has 1 aromatic carbocycles. The number of aromatic nitrogens is 4. The fourth-order valence-corrected chi connectivity index (χ4v) is 2.60. The Kier molecular flexibility index (Phi) is 5.04. The van der Waals surface area contributed by atoms with E-state index in [2.05, 4.69) is 30.5 Å². The van der Waals surface area contributed by atoms with E-state index in [1.165, 1.54) is 0 Å². The van der Waals surface area contributed by atoms with Crippen LogP contribution < -0.4 is 11.1 Å². The number of carbonyl (C=O) groups excluding carboxylic acids is 1. The molecule has 2 aromatic heterocycles. The molecule has 0 saturated carbocycles. The number of nitrogens with zero attached hydrogens (tertiary/aromatic N) is 3. The SMILES string of the molecule is CCc1nc(C=Nc2n[nH]c(Nc3cccc(Cl)c3)c2C(N)=O)c(C)[nH]1. The largest absolute Gasteiger partial charge is 0.365 e. The minimum absolute atomic E-state index is 0.158. The summed E-state index contributed by atoms with van der Waals surface area (Å²) < 4.78 is 0. The van der Waals surface area contributed by atoms with Crippen LogP contribution in [0.4, 0.5) is 17.3 Å². The van der Waals surface area contributed by atoms with Crippen molar-refractivity contribution in [1.82, 2.24) is 20.2 Å². The van der Waals surface area contributed by atoms with Crippen molar-refractivity contribution in [3.63, 3.8) is 0 Å². The Hall–Kier alpha value is -3.13. The molecule has 0 bridgehead atoms. The second-order valence-corrected chi connectivity index (χ2v) is 6.04. The molecule has 5 N–H and O–H groups in total. The Balaban J connectivity index is 1.90. The van der Waals surface area contributed by atoms with E-state index < -0.39 is 5.91 Å². The van der Waals surface area contributed by atoms with Crippen LogP contribution in [0.3, 0.4) is 0 Å². The number of aliphatic imine (C=N–C) groups is 1. The van der Waals surface area contributed by atoms with Crippen LogP contribution in [0.25, 0.3) is 0 Å². The van der Waals surface area contributed by atoms with Crippen molar-refractivity contribution >= 4 is 41.0 Å². The molecule has 3 rings (SSSR count). The summed E-state index contributed by atoms with van der Waals surface area (Å²) in [5.74, 6) is 0.746. The Bertz CT molecular complexity index is 973. The summed E-state index contributed by atoms with van der Waals surface area (Å²) >= 11 is 5.97. The quantitative estimate of drug-likeness (QED) is 0.496. The van der Waals surface area contributed by atoms with Gasteiger partial charge in [0.25, 0.3) is 5.91 Å². The van der Waals surface area contributed by atoms with Gasteiger partial charge in [-0.3, -0.25) is 9.89 Å². The van der Waals surface area contributed by atoms with E-state index in [0.717, 1.165) is 17.9 Å². The predicted octanol–water partition coefficient (Wildman–Crippen LogP) is 3.25. The van der Waals surface area contributed by atoms with Crippen molar-refractivity contribution in [2.24, 2.45) is 10.7 Å². The van der Waals surface area contributed by atoms with Crippen LogP contribution >= 0.6 is 11.6 Å². The molecular weight excluding hydrogens is 354 g/mol. The number of halogens is 1. The van der Waals surface area contributed by atoms with E-state index >= 15 is 0 Å². The average Bonchev–Trinajstić information content (AvgIpc) is 3.16. The maximum Gasteiger partial charge on any atom is 0.256 e. The topological polar surface area (TPSA) is 125 Å². The molecule has 1 amide bonds. The molecule has 0 spiro atoms. The van der Waals surface area contributed by atoms with Crippen LogP contribution in [0.2, 0.25) is 5.02 Å². The van der Waals surface area contributed by atoms with Crippen molar-refractivity contribution < 1.29 is 4.79 Å². The van der Waals surface area contributed by atoms with Crippen molar-refractivity contribution in [3.8, 4) is 0 Å². The van der Waals surface area contributed by atoms with Gasteiger partial charge >= 0.3 is 0 Å². The molecule has 0 unspecified atom stereocenters. The molecule has 134 valence electrons. The summed E-state index contributed by atoms with van der Waals surface area (Å²) in [5, 5.41) is 10.4. The first kappa shape index (κ1) is 17.7. The van der Waals surface area contributed by atoms with E-state index in [-0.39, 0.29) is 11.4 Å². The number of imidazole rings is 1. The zero-order chi connectivity index (χ0) is 18.7. The van der Waals surface area contributed by atoms with Gasteiger partial charge in [-0.25, -0.2) is 9.98 Å². The molecule has 2 heterocycles. The van der Waals surface area contributed by atoms with Crippen LogP contribution in [0, 0.1) is 6.92 Å². The summed E-state index contributed by atoms with van der Waals surface area (Å²) in [6.07, 6.45) is 2.34. The number of H-pyrrole nitrogens is 2. The number of aryl methyl sites for hydroxylation is 2. The van der Waals surface area contributed by atoms with Crippen molar-refractivity contribution in [2.75, 3.05) is 5.32 Å². The van der Waals surface area contributed by atoms with Gasteiger partial charge in [0.2, 0.25) is 0 Å². The fraction of sp³-hybridized carbons (Fsp3) is 0.176. The second kappa shape index (κ2) is 7.40. The Morgan fingerprint density at radius 1 is 1.46 bits per heavy atom. The third kappa shape index (κ3) is 3.75. The Morgan fingerprint density at radius 2 is 2.27 bits per heavy atom. The minimum atomic E-state index is -0.650. The first-order valence-electron chi connectivity index (χ1n) is 7.98. The Morgan fingerprint density at radius 3 is 2.92 bits per heavy atom. The third-order valence-electron chi connectivity index (χ3n) is 3.70. The van der Waals surface area contributed by atoms with Crippen LogP contribution in [-0.2, 0) is 6.42 Å². The second-order valence-electron chi connectivity index (χ2n) is 5.60. The highest BCUT2D eigenvalue weighted by Gasteiger charge is 2.18. The van der Waals surface area contributed by atoms with Gasteiger partial charge in [-0.2, -0.15) is 5.10 Å². The zero-order valence-electron chi connectivity index (χ0n) is 14.3. The van der Waals surface area contributed by atoms with Crippen LogP contribution in [0.5, 0.6) is 0 Å². The molecule has 0 aliphatic heterocycles. The van der Waals surface area contributed by atoms with Gasteiger partial charge in [0.15, 0.2) is 5.82 Å². The predicted molar refractivity (Wildman–Crippen MR) is 102 cm³/mol. The number of primary amides is 1. The molecule has 3 aromatic rings. The van der Waals surface area contributed by atoms with Crippen LogP contribution in [0.15, 0.2) is 29.3 Å². The summed E-state index contributed by atoms with van der Waals surface area (Å²) in [7, 11) is 0. The van der Waals surface area contributed by atoms with Gasteiger partial charge in [0.1, 0.15) is 22.9 Å². The standard InChI is InChI=1S/C17H18ClN7O/c1-3-13-21-9(2)12(23-13)8-20-16-14(15(19)26)17(25-24-16)22-11-6-4-5-10(18)7-11/h4-8H,3H2,1-2H3,(H2,19,26)(H,21,23)(H2,22,24,25). The molecule has 0 fully saturated rings. The van der Waals surface area contributed by atoms with Gasteiger partial charge in [0, 0.05) is 22.8 Å².